The van der Waals surface area contributed by atoms with Crippen molar-refractivity contribution in [1.82, 2.24) is 19.9 Å². The van der Waals surface area contributed by atoms with E-state index in [1.165, 1.54) is 11.8 Å². The van der Waals surface area contributed by atoms with E-state index in [0.717, 1.165) is 0 Å². The molecule has 27 heavy (non-hydrogen) atoms. The molecule has 146 valence electrons. The van der Waals surface area contributed by atoms with Gasteiger partial charge < -0.3 is 14.4 Å². The molecule has 2 aromatic heterocycles. The highest BCUT2D eigenvalue weighted by molar-refractivity contribution is 8.00. The molecule has 1 fully saturated rings. The van der Waals surface area contributed by atoms with Crippen LogP contribution in [0.3, 0.4) is 0 Å². The minimum atomic E-state index is -3.03. The van der Waals surface area contributed by atoms with Crippen LogP contribution >= 0.6 is 11.8 Å². The highest BCUT2D eigenvalue weighted by atomic mass is 32.2. The third-order valence-electron chi connectivity index (χ3n) is 4.19. The van der Waals surface area contributed by atoms with E-state index in [9.17, 15) is 13.2 Å². The lowest BCUT2D eigenvalue weighted by Gasteiger charge is -2.13. The van der Waals surface area contributed by atoms with Gasteiger partial charge in [-0.3, -0.25) is 4.79 Å². The molecule has 11 heteroatoms. The van der Waals surface area contributed by atoms with E-state index < -0.39 is 15.1 Å². The Morgan fingerprint density at radius 3 is 2.93 bits per heavy atom. The van der Waals surface area contributed by atoms with Gasteiger partial charge in [-0.1, -0.05) is 23.0 Å². The number of allylic oxidation sites excluding steroid dienone is 1. The van der Waals surface area contributed by atoms with Crippen LogP contribution in [0.25, 0.3) is 0 Å². The molecule has 0 aliphatic carbocycles. The predicted molar refractivity (Wildman–Crippen MR) is 101 cm³/mol. The SMILES string of the molecule is C=CCn1c(S[C@@H](C)C(=O)Nc2cc(C)on2)nnc1[C@H]1CCS(=O)(=O)C1. The normalized spacial score (nSPS) is 19.7. The van der Waals surface area contributed by atoms with E-state index >= 15 is 0 Å². The van der Waals surface area contributed by atoms with Gasteiger partial charge in [0.05, 0.1) is 16.8 Å². The Labute approximate surface area is 161 Å². The molecule has 9 nitrogen and oxygen atoms in total. The molecule has 0 unspecified atom stereocenters. The Hall–Kier alpha value is -2.14. The lowest BCUT2D eigenvalue weighted by molar-refractivity contribution is -0.115. The van der Waals surface area contributed by atoms with Gasteiger partial charge in [0.1, 0.15) is 11.6 Å². The molecular weight excluding hydrogens is 390 g/mol. The summed E-state index contributed by atoms with van der Waals surface area (Å²) in [6, 6.07) is 1.63. The number of anilines is 1. The first-order valence-corrected chi connectivity index (χ1v) is 11.1. The maximum absolute atomic E-state index is 12.4. The van der Waals surface area contributed by atoms with E-state index in [2.05, 4.69) is 27.2 Å². The Kier molecular flexibility index (Phi) is 5.70. The van der Waals surface area contributed by atoms with E-state index in [1.54, 1.807) is 26.0 Å². The summed E-state index contributed by atoms with van der Waals surface area (Å²) in [5.74, 6) is 1.40. The predicted octanol–water partition coefficient (Wildman–Crippen LogP) is 1.78. The number of aromatic nitrogens is 4. The van der Waals surface area contributed by atoms with Crippen LogP contribution in [0.5, 0.6) is 0 Å². The van der Waals surface area contributed by atoms with Crippen LogP contribution in [-0.2, 0) is 21.2 Å². The van der Waals surface area contributed by atoms with Gasteiger partial charge in [0.15, 0.2) is 20.8 Å². The van der Waals surface area contributed by atoms with Crippen molar-refractivity contribution in [2.24, 2.45) is 0 Å². The Morgan fingerprint density at radius 2 is 2.33 bits per heavy atom. The second-order valence-electron chi connectivity index (χ2n) is 6.41. The van der Waals surface area contributed by atoms with Gasteiger partial charge >= 0.3 is 0 Å². The number of amides is 1. The minimum absolute atomic E-state index is 0.0779. The van der Waals surface area contributed by atoms with Gasteiger partial charge in [-0.05, 0) is 20.3 Å². The number of rotatable bonds is 7. The third kappa shape index (κ3) is 4.59. The fourth-order valence-electron chi connectivity index (χ4n) is 2.85. The summed E-state index contributed by atoms with van der Waals surface area (Å²) in [6.45, 7) is 7.68. The van der Waals surface area contributed by atoms with Gasteiger partial charge in [-0.2, -0.15) is 0 Å². The summed E-state index contributed by atoms with van der Waals surface area (Å²) in [6.07, 6.45) is 2.23. The molecule has 3 rings (SSSR count). The number of thioether (sulfide) groups is 1. The molecule has 1 aliphatic rings. The summed E-state index contributed by atoms with van der Waals surface area (Å²) in [5.41, 5.74) is 0. The first kappa shape index (κ1) is 19.6. The first-order chi connectivity index (χ1) is 12.8. The van der Waals surface area contributed by atoms with Crippen LogP contribution < -0.4 is 5.32 Å². The van der Waals surface area contributed by atoms with Gasteiger partial charge in [0, 0.05) is 18.5 Å². The van der Waals surface area contributed by atoms with Gasteiger partial charge in [0.25, 0.3) is 0 Å². The second kappa shape index (κ2) is 7.85. The van der Waals surface area contributed by atoms with Crippen LogP contribution in [0.15, 0.2) is 28.4 Å². The van der Waals surface area contributed by atoms with Crippen molar-refractivity contribution in [3.05, 3.63) is 30.3 Å². The van der Waals surface area contributed by atoms with Crippen LogP contribution in [0, 0.1) is 6.92 Å². The maximum atomic E-state index is 12.4. The molecule has 1 saturated heterocycles. The van der Waals surface area contributed by atoms with Crippen molar-refractivity contribution in [3.8, 4) is 0 Å². The maximum Gasteiger partial charge on any atom is 0.238 e. The van der Waals surface area contributed by atoms with Crippen molar-refractivity contribution >= 4 is 33.3 Å². The van der Waals surface area contributed by atoms with Crippen LogP contribution in [-0.4, -0.2) is 51.0 Å². The van der Waals surface area contributed by atoms with E-state index in [-0.39, 0.29) is 23.3 Å². The topological polar surface area (TPSA) is 120 Å². The number of nitrogens with zero attached hydrogens (tertiary/aromatic N) is 4. The van der Waals surface area contributed by atoms with Gasteiger partial charge in [-0.15, -0.1) is 16.8 Å². The molecule has 0 spiro atoms. The first-order valence-electron chi connectivity index (χ1n) is 8.44. The molecule has 0 radical (unpaired) electrons. The highest BCUT2D eigenvalue weighted by Crippen LogP contribution is 2.31. The van der Waals surface area contributed by atoms with Crippen LogP contribution in [0.2, 0.25) is 0 Å². The summed E-state index contributed by atoms with van der Waals surface area (Å²) in [7, 11) is -3.03. The monoisotopic (exact) mass is 411 g/mol. The zero-order chi connectivity index (χ0) is 19.6. The van der Waals surface area contributed by atoms with E-state index in [1.807, 2.05) is 4.57 Å². The summed E-state index contributed by atoms with van der Waals surface area (Å²) in [5, 5.41) is 14.9. The quantitative estimate of drug-likeness (QED) is 0.541. The molecule has 2 aromatic rings. The molecule has 1 aliphatic heterocycles. The summed E-state index contributed by atoms with van der Waals surface area (Å²) < 4.78 is 30.3. The minimum Gasteiger partial charge on any atom is -0.360 e. The van der Waals surface area contributed by atoms with E-state index in [4.69, 9.17) is 4.52 Å². The third-order valence-corrected chi connectivity index (χ3v) is 7.03. The number of carbonyl (C=O) groups excluding carboxylic acids is 1. The average Bonchev–Trinajstić information content (AvgIpc) is 3.28. The molecule has 2 atom stereocenters. The lowest BCUT2D eigenvalue weighted by atomic mass is 10.1. The molecular formula is C16H21N5O4S2. The van der Waals surface area contributed by atoms with Crippen molar-refractivity contribution in [3.63, 3.8) is 0 Å². The standard InChI is InChI=1S/C16H21N5O4S2/c1-4-6-21-14(12-5-7-27(23,24)9-12)18-19-16(21)26-11(3)15(22)17-13-8-10(2)25-20-13/h4,8,11-12H,1,5-7,9H2,2-3H3,(H,17,20,22)/t11-,12-/m0/s1. The number of hydrogen-bond donors (Lipinski definition) is 1. The average molecular weight is 412 g/mol. The van der Waals surface area contributed by atoms with E-state index in [0.29, 0.717) is 35.5 Å². The molecule has 1 N–H and O–H groups in total. The van der Waals surface area contributed by atoms with Crippen LogP contribution in [0.1, 0.15) is 30.8 Å². The zero-order valence-corrected chi connectivity index (χ0v) is 16.7. The Bertz CT molecular complexity index is 950. The van der Waals surface area contributed by atoms with Crippen molar-refractivity contribution in [2.75, 3.05) is 16.8 Å². The second-order valence-corrected chi connectivity index (χ2v) is 9.95. The number of aryl methyl sites for hydroxylation is 1. The number of nitrogens with one attached hydrogen (secondary N) is 1. The Balaban J connectivity index is 1.74. The summed E-state index contributed by atoms with van der Waals surface area (Å²) in [4.78, 5) is 12.4. The fourth-order valence-corrected chi connectivity index (χ4v) is 5.46. The smallest absolute Gasteiger partial charge is 0.238 e. The highest BCUT2D eigenvalue weighted by Gasteiger charge is 2.33. The molecule has 3 heterocycles. The Morgan fingerprint density at radius 1 is 1.56 bits per heavy atom. The largest absolute Gasteiger partial charge is 0.360 e. The molecule has 0 bridgehead atoms. The number of carbonyl (C=O) groups is 1. The number of sulfone groups is 1. The zero-order valence-electron chi connectivity index (χ0n) is 15.1. The van der Waals surface area contributed by atoms with Gasteiger partial charge in [-0.25, -0.2) is 8.42 Å². The summed E-state index contributed by atoms with van der Waals surface area (Å²) >= 11 is 1.25. The van der Waals surface area contributed by atoms with Crippen molar-refractivity contribution in [1.29, 1.82) is 0 Å². The molecule has 0 saturated carbocycles. The number of hydrogen-bond acceptors (Lipinski definition) is 8. The van der Waals surface area contributed by atoms with Crippen molar-refractivity contribution in [2.45, 2.75) is 43.1 Å². The fraction of sp³-hybridized carbons (Fsp3) is 0.500. The van der Waals surface area contributed by atoms with Crippen molar-refractivity contribution < 1.29 is 17.7 Å². The molecule has 0 aromatic carbocycles. The van der Waals surface area contributed by atoms with Gasteiger partial charge in [0.2, 0.25) is 5.91 Å². The molecule has 1 amide bonds. The lowest BCUT2D eigenvalue weighted by Crippen LogP contribution is -2.23. The van der Waals surface area contributed by atoms with Crippen LogP contribution in [0.4, 0.5) is 5.82 Å².